The van der Waals surface area contributed by atoms with Crippen molar-refractivity contribution >= 4 is 37.7 Å². The molecule has 0 fully saturated rings. The first kappa shape index (κ1) is 26.3. The van der Waals surface area contributed by atoms with E-state index in [-0.39, 0.29) is 106 Å². The van der Waals surface area contributed by atoms with E-state index in [1.807, 2.05) is 0 Å². The zero-order valence-corrected chi connectivity index (χ0v) is 9.18. The summed E-state index contributed by atoms with van der Waals surface area (Å²) in [5.74, 6) is 0. The number of hydrogen-bond acceptors (Lipinski definition) is 0. The molecule has 0 heterocycles. The number of hydrogen-bond donors (Lipinski definition) is 0. The van der Waals surface area contributed by atoms with Gasteiger partial charge in [-0.15, -0.1) is 0 Å². The fraction of sp³-hybridized carbons (Fsp3) is 0. The van der Waals surface area contributed by atoms with Crippen LogP contribution in [0.5, 0.6) is 0 Å². The summed E-state index contributed by atoms with van der Waals surface area (Å²) in [6.07, 6.45) is 0. The molecule has 4 heavy (non-hydrogen) atoms. The average molecular weight is 245 g/mol. The Bertz CT molecular complexity index is 13.5. The summed E-state index contributed by atoms with van der Waals surface area (Å²) in [7, 11) is 0. The Morgan fingerprint density at radius 3 is 1.25 bits per heavy atom. The maximum Gasteiger partial charge on any atom is 2.00 e. The molecular weight excluding hydrogens is 243 g/mol. The third kappa shape index (κ3) is 9.03. The Balaban J connectivity index is 0. The first-order valence-electron chi connectivity index (χ1n) is 0. The van der Waals surface area contributed by atoms with Gasteiger partial charge in [0.15, 0.2) is 0 Å². The quantitative estimate of drug-likeness (QED) is 0.520. The van der Waals surface area contributed by atoms with Gasteiger partial charge in [0, 0.05) is 65.0 Å². The summed E-state index contributed by atoms with van der Waals surface area (Å²) < 4.78 is 0. The van der Waals surface area contributed by atoms with Gasteiger partial charge in [-0.3, -0.25) is 0 Å². The molecular formula is H2CaCuTiZr. The summed E-state index contributed by atoms with van der Waals surface area (Å²) in [5, 5.41) is 0. The van der Waals surface area contributed by atoms with E-state index in [9.17, 15) is 0 Å². The first-order valence-corrected chi connectivity index (χ1v) is 0. The van der Waals surface area contributed by atoms with E-state index in [0.717, 1.165) is 0 Å². The molecule has 0 saturated heterocycles. The molecule has 0 bridgehead atoms. The zero-order chi connectivity index (χ0) is 0. The third-order valence-corrected chi connectivity index (χ3v) is 0. The van der Waals surface area contributed by atoms with Crippen molar-refractivity contribution in [3.63, 3.8) is 0 Å². The van der Waals surface area contributed by atoms with Crippen LogP contribution in [0.1, 0.15) is 2.85 Å². The molecule has 0 aliphatic carbocycles. The van der Waals surface area contributed by atoms with E-state index in [2.05, 4.69) is 0 Å². The van der Waals surface area contributed by atoms with Crippen LogP contribution >= 0.6 is 0 Å². The minimum Gasteiger partial charge on any atom is -1.00 e. The maximum atomic E-state index is 0. The van der Waals surface area contributed by atoms with Gasteiger partial charge in [-0.25, -0.2) is 0 Å². The van der Waals surface area contributed by atoms with Crippen LogP contribution in [-0.2, 0) is 65.0 Å². The fourth-order valence-corrected chi connectivity index (χ4v) is 0. The van der Waals surface area contributed by atoms with Crippen molar-refractivity contribution in [2.75, 3.05) is 0 Å². The molecule has 0 nitrogen and oxygen atoms in total. The summed E-state index contributed by atoms with van der Waals surface area (Å²) in [6, 6.07) is 0. The fourth-order valence-electron chi connectivity index (χ4n) is 0. The third-order valence-electron chi connectivity index (χ3n) is 0. The standard InChI is InChI=1S/Ca.Cu.Ti.Zr.2H/q+2;;;;2*-1. The van der Waals surface area contributed by atoms with Crippen LogP contribution in [0.25, 0.3) is 0 Å². The predicted molar refractivity (Wildman–Crippen MR) is 7.98 cm³/mol. The molecule has 0 aliphatic rings. The Labute approximate surface area is 103 Å². The molecule has 0 amide bonds. The first-order chi connectivity index (χ1) is 0. The Hall–Kier alpha value is 3.38. The maximum absolute atomic E-state index is 0. The van der Waals surface area contributed by atoms with Gasteiger partial charge in [0.05, 0.1) is 0 Å². The Kier molecular flexibility index (Phi) is 106. The normalized spacial score (nSPS) is 0. The van der Waals surface area contributed by atoms with Gasteiger partial charge in [-0.1, -0.05) is 0 Å². The smallest absolute Gasteiger partial charge is 1.00 e. The van der Waals surface area contributed by atoms with Crippen molar-refractivity contribution in [2.45, 2.75) is 0 Å². The van der Waals surface area contributed by atoms with Crippen LogP contribution in [-0.4, -0.2) is 37.7 Å². The van der Waals surface area contributed by atoms with E-state index in [4.69, 9.17) is 0 Å². The Morgan fingerprint density at radius 1 is 1.25 bits per heavy atom. The molecule has 4 heteroatoms. The molecule has 0 N–H and O–H groups in total. The second-order valence-corrected chi connectivity index (χ2v) is 0. The van der Waals surface area contributed by atoms with E-state index >= 15 is 0 Å². The van der Waals surface area contributed by atoms with Crippen LogP contribution in [0.4, 0.5) is 0 Å². The van der Waals surface area contributed by atoms with E-state index in [1.165, 1.54) is 0 Å². The molecule has 0 aromatic heterocycles. The van der Waals surface area contributed by atoms with Crippen LogP contribution in [0, 0.1) is 0 Å². The molecule has 0 aromatic rings. The van der Waals surface area contributed by atoms with Gasteiger partial charge in [0.25, 0.3) is 0 Å². The topological polar surface area (TPSA) is 0 Å². The second kappa shape index (κ2) is 16.2. The van der Waals surface area contributed by atoms with E-state index in [0.29, 0.717) is 0 Å². The van der Waals surface area contributed by atoms with Gasteiger partial charge in [0.1, 0.15) is 0 Å². The van der Waals surface area contributed by atoms with Crippen molar-refractivity contribution in [2.24, 2.45) is 0 Å². The van der Waals surface area contributed by atoms with Crippen molar-refractivity contribution in [1.82, 2.24) is 0 Å². The van der Waals surface area contributed by atoms with Gasteiger partial charge >= 0.3 is 37.7 Å². The molecule has 0 spiro atoms. The number of rotatable bonds is 0. The molecule has 0 aliphatic heterocycles. The molecule has 0 atom stereocenters. The van der Waals surface area contributed by atoms with Crippen LogP contribution in [0.2, 0.25) is 0 Å². The predicted octanol–water partition coefficient (Wildman–Crippen LogP) is -0.163. The van der Waals surface area contributed by atoms with Crippen LogP contribution < -0.4 is 0 Å². The summed E-state index contributed by atoms with van der Waals surface area (Å²) in [4.78, 5) is 0. The molecule has 0 unspecified atom stereocenters. The minimum atomic E-state index is 0. The molecule has 0 saturated carbocycles. The minimum absolute atomic E-state index is 0. The summed E-state index contributed by atoms with van der Waals surface area (Å²) in [5.41, 5.74) is 0. The van der Waals surface area contributed by atoms with Gasteiger partial charge in [0.2, 0.25) is 0 Å². The van der Waals surface area contributed by atoms with Crippen LogP contribution in [0.3, 0.4) is 0 Å². The van der Waals surface area contributed by atoms with Crippen molar-refractivity contribution < 1.29 is 67.8 Å². The van der Waals surface area contributed by atoms with E-state index < -0.39 is 0 Å². The van der Waals surface area contributed by atoms with Crippen molar-refractivity contribution in [3.8, 4) is 0 Å². The van der Waals surface area contributed by atoms with Crippen molar-refractivity contribution in [1.29, 1.82) is 0 Å². The zero-order valence-electron chi connectivity index (χ0n) is 4.01. The summed E-state index contributed by atoms with van der Waals surface area (Å²) >= 11 is 0. The van der Waals surface area contributed by atoms with Gasteiger partial charge in [-0.05, 0) is 0 Å². The van der Waals surface area contributed by atoms with Gasteiger partial charge < -0.3 is 2.85 Å². The molecule has 0 aromatic carbocycles. The van der Waals surface area contributed by atoms with Crippen LogP contribution in [0.15, 0.2) is 0 Å². The molecule has 0 rings (SSSR count). The van der Waals surface area contributed by atoms with Crippen molar-refractivity contribution in [3.05, 3.63) is 0 Å². The SMILES string of the molecule is [Ca+2].[Cu].[H-].[H-].[Ti].[Zr]. The molecule has 1 radical (unpaired) electrons. The Morgan fingerprint density at radius 2 is 1.25 bits per heavy atom. The average Bonchev–Trinajstić information content (AvgIpc) is 0. The second-order valence-electron chi connectivity index (χ2n) is 0. The largest absolute Gasteiger partial charge is 2.00 e. The van der Waals surface area contributed by atoms with Gasteiger partial charge in [-0.2, -0.15) is 0 Å². The summed E-state index contributed by atoms with van der Waals surface area (Å²) in [6.45, 7) is 0. The molecule has 23 valence electrons. The van der Waals surface area contributed by atoms with E-state index in [1.54, 1.807) is 0 Å². The monoisotopic (exact) mass is 243 g/mol.